The summed E-state index contributed by atoms with van der Waals surface area (Å²) in [5.41, 5.74) is -0.662. The largest absolute Gasteiger partial charge is 0.385 e. The van der Waals surface area contributed by atoms with E-state index in [2.05, 4.69) is 15.9 Å². The molecule has 1 aromatic rings. The van der Waals surface area contributed by atoms with Crippen LogP contribution in [-0.2, 0) is 10.3 Å². The van der Waals surface area contributed by atoms with Gasteiger partial charge in [-0.05, 0) is 47.7 Å². The highest BCUT2D eigenvalue weighted by Gasteiger charge is 2.37. The lowest BCUT2D eigenvalue weighted by molar-refractivity contribution is -0.0494. The summed E-state index contributed by atoms with van der Waals surface area (Å²) >= 11 is 3.15. The zero-order valence-corrected chi connectivity index (χ0v) is 11.3. The van der Waals surface area contributed by atoms with Gasteiger partial charge in [0.1, 0.15) is 5.82 Å². The van der Waals surface area contributed by atoms with E-state index in [-0.39, 0.29) is 11.9 Å². The summed E-state index contributed by atoms with van der Waals surface area (Å²) in [4.78, 5) is 0. The predicted molar refractivity (Wildman–Crippen MR) is 67.3 cm³/mol. The standard InChI is InChI=1S/C13H16BrFO2/c1-17-9-5-7-13(16,8-6-9)10-3-2-4-11(14)12(10)15/h2-4,9,16H,5-8H2,1H3. The van der Waals surface area contributed by atoms with Crippen molar-refractivity contribution in [3.63, 3.8) is 0 Å². The normalized spacial score (nSPS) is 29.3. The van der Waals surface area contributed by atoms with Gasteiger partial charge in [-0.15, -0.1) is 0 Å². The fraction of sp³-hybridized carbons (Fsp3) is 0.538. The smallest absolute Gasteiger partial charge is 0.143 e. The summed E-state index contributed by atoms with van der Waals surface area (Å²) in [6.07, 6.45) is 2.79. The highest BCUT2D eigenvalue weighted by Crippen LogP contribution is 2.40. The Morgan fingerprint density at radius 2 is 2.06 bits per heavy atom. The van der Waals surface area contributed by atoms with Crippen molar-refractivity contribution in [3.8, 4) is 0 Å². The molecule has 0 atom stereocenters. The maximum atomic E-state index is 14.0. The fourth-order valence-electron chi connectivity index (χ4n) is 2.44. The molecule has 0 bridgehead atoms. The van der Waals surface area contributed by atoms with Gasteiger partial charge in [0.25, 0.3) is 0 Å². The topological polar surface area (TPSA) is 29.5 Å². The predicted octanol–water partition coefficient (Wildman–Crippen LogP) is 3.36. The Hall–Kier alpha value is -0.450. The van der Waals surface area contributed by atoms with Crippen LogP contribution in [0.15, 0.2) is 22.7 Å². The van der Waals surface area contributed by atoms with Crippen LogP contribution in [0.1, 0.15) is 31.2 Å². The van der Waals surface area contributed by atoms with Gasteiger partial charge in [0.15, 0.2) is 0 Å². The van der Waals surface area contributed by atoms with E-state index in [4.69, 9.17) is 4.74 Å². The third-order valence-electron chi connectivity index (χ3n) is 3.55. The van der Waals surface area contributed by atoms with Gasteiger partial charge in [-0.1, -0.05) is 12.1 Å². The van der Waals surface area contributed by atoms with Crippen LogP contribution in [0.25, 0.3) is 0 Å². The third kappa shape index (κ3) is 2.54. The number of benzene rings is 1. The zero-order valence-electron chi connectivity index (χ0n) is 9.75. The minimum atomic E-state index is -1.05. The molecule has 1 aromatic carbocycles. The number of hydrogen-bond acceptors (Lipinski definition) is 2. The van der Waals surface area contributed by atoms with E-state index in [0.29, 0.717) is 22.9 Å². The van der Waals surface area contributed by atoms with E-state index in [1.54, 1.807) is 25.3 Å². The minimum Gasteiger partial charge on any atom is -0.385 e. The molecular formula is C13H16BrFO2. The first-order chi connectivity index (χ1) is 8.07. The highest BCUT2D eigenvalue weighted by molar-refractivity contribution is 9.10. The van der Waals surface area contributed by atoms with Gasteiger partial charge in [-0.25, -0.2) is 4.39 Å². The summed E-state index contributed by atoms with van der Waals surface area (Å²) in [7, 11) is 1.68. The van der Waals surface area contributed by atoms with Crippen LogP contribution in [-0.4, -0.2) is 18.3 Å². The maximum Gasteiger partial charge on any atom is 0.143 e. The van der Waals surface area contributed by atoms with Gasteiger partial charge in [0, 0.05) is 12.7 Å². The average molecular weight is 303 g/mol. The lowest BCUT2D eigenvalue weighted by Gasteiger charge is -2.36. The summed E-state index contributed by atoms with van der Waals surface area (Å²) in [5, 5.41) is 10.5. The van der Waals surface area contributed by atoms with Crippen molar-refractivity contribution in [1.82, 2.24) is 0 Å². The van der Waals surface area contributed by atoms with Gasteiger partial charge in [-0.3, -0.25) is 0 Å². The van der Waals surface area contributed by atoms with Gasteiger partial charge >= 0.3 is 0 Å². The van der Waals surface area contributed by atoms with E-state index >= 15 is 0 Å². The Balaban J connectivity index is 2.24. The van der Waals surface area contributed by atoms with Crippen molar-refractivity contribution in [3.05, 3.63) is 34.1 Å². The molecule has 1 aliphatic rings. The summed E-state index contributed by atoms with van der Waals surface area (Å²) in [5.74, 6) is -0.356. The lowest BCUT2D eigenvalue weighted by Crippen LogP contribution is -2.34. The molecule has 0 spiro atoms. The van der Waals surface area contributed by atoms with Gasteiger partial charge < -0.3 is 9.84 Å². The molecule has 94 valence electrons. The lowest BCUT2D eigenvalue weighted by atomic mass is 9.78. The molecule has 2 rings (SSSR count). The number of aliphatic hydroxyl groups is 1. The van der Waals surface area contributed by atoms with Crippen molar-refractivity contribution in [2.24, 2.45) is 0 Å². The number of methoxy groups -OCH3 is 1. The first-order valence-electron chi connectivity index (χ1n) is 5.76. The quantitative estimate of drug-likeness (QED) is 0.908. The Bertz CT molecular complexity index is 400. The molecule has 0 saturated heterocycles. The van der Waals surface area contributed by atoms with Crippen LogP contribution < -0.4 is 0 Å². The molecule has 4 heteroatoms. The van der Waals surface area contributed by atoms with Crippen LogP contribution in [0.5, 0.6) is 0 Å². The molecule has 1 fully saturated rings. The summed E-state index contributed by atoms with van der Waals surface area (Å²) in [6, 6.07) is 5.05. The van der Waals surface area contributed by atoms with Gasteiger partial charge in [0.2, 0.25) is 0 Å². The minimum absolute atomic E-state index is 0.186. The monoisotopic (exact) mass is 302 g/mol. The Kier molecular flexibility index (Phi) is 3.85. The highest BCUT2D eigenvalue weighted by atomic mass is 79.9. The van der Waals surface area contributed by atoms with Crippen LogP contribution in [0.2, 0.25) is 0 Å². The Morgan fingerprint density at radius 1 is 1.41 bits per heavy atom. The number of ether oxygens (including phenoxy) is 1. The van der Waals surface area contributed by atoms with Crippen molar-refractivity contribution in [2.45, 2.75) is 37.4 Å². The molecule has 0 amide bonds. The molecular weight excluding hydrogens is 287 g/mol. The molecule has 17 heavy (non-hydrogen) atoms. The molecule has 0 radical (unpaired) electrons. The van der Waals surface area contributed by atoms with Crippen LogP contribution in [0.3, 0.4) is 0 Å². The van der Waals surface area contributed by atoms with Gasteiger partial charge in [-0.2, -0.15) is 0 Å². The molecule has 1 aliphatic carbocycles. The molecule has 0 aliphatic heterocycles. The Labute approximate surface area is 109 Å². The average Bonchev–Trinajstić information content (AvgIpc) is 2.33. The summed E-state index contributed by atoms with van der Waals surface area (Å²) in [6.45, 7) is 0. The second-order valence-electron chi connectivity index (χ2n) is 4.57. The zero-order chi connectivity index (χ0) is 12.5. The molecule has 2 nitrogen and oxygen atoms in total. The molecule has 0 aromatic heterocycles. The van der Waals surface area contributed by atoms with Crippen molar-refractivity contribution in [1.29, 1.82) is 0 Å². The summed E-state index contributed by atoms with van der Waals surface area (Å²) < 4.78 is 19.6. The number of halogens is 2. The van der Waals surface area contributed by atoms with E-state index in [9.17, 15) is 9.50 Å². The maximum absolute atomic E-state index is 14.0. The van der Waals surface area contributed by atoms with E-state index in [1.807, 2.05) is 0 Å². The molecule has 0 heterocycles. The van der Waals surface area contributed by atoms with Gasteiger partial charge in [0.05, 0.1) is 16.2 Å². The number of hydrogen-bond donors (Lipinski definition) is 1. The molecule has 1 N–H and O–H groups in total. The van der Waals surface area contributed by atoms with Crippen LogP contribution in [0.4, 0.5) is 4.39 Å². The van der Waals surface area contributed by atoms with Crippen LogP contribution in [0, 0.1) is 5.82 Å². The third-order valence-corrected chi connectivity index (χ3v) is 4.16. The first-order valence-corrected chi connectivity index (χ1v) is 6.56. The van der Waals surface area contributed by atoms with E-state index in [0.717, 1.165) is 12.8 Å². The molecule has 0 unspecified atom stereocenters. The second kappa shape index (κ2) is 5.04. The Morgan fingerprint density at radius 3 is 2.65 bits per heavy atom. The van der Waals surface area contributed by atoms with E-state index in [1.165, 1.54) is 0 Å². The van der Waals surface area contributed by atoms with Crippen molar-refractivity contribution >= 4 is 15.9 Å². The second-order valence-corrected chi connectivity index (χ2v) is 5.42. The van der Waals surface area contributed by atoms with E-state index < -0.39 is 5.60 Å². The SMILES string of the molecule is COC1CCC(O)(c2cccc(Br)c2F)CC1. The first kappa shape index (κ1) is 13.0. The van der Waals surface area contributed by atoms with Crippen LogP contribution >= 0.6 is 15.9 Å². The molecule has 1 saturated carbocycles. The number of rotatable bonds is 2. The van der Waals surface area contributed by atoms with Crippen molar-refractivity contribution in [2.75, 3.05) is 7.11 Å². The fourth-order valence-corrected chi connectivity index (χ4v) is 2.80. The van der Waals surface area contributed by atoms with Crippen molar-refractivity contribution < 1.29 is 14.2 Å².